The van der Waals surface area contributed by atoms with E-state index in [4.69, 9.17) is 22.1 Å². The first-order valence-electron chi connectivity index (χ1n) is 9.84. The van der Waals surface area contributed by atoms with Gasteiger partial charge in [-0.3, -0.25) is 13.9 Å². The average Bonchev–Trinajstić information content (AvgIpc) is 3.21. The van der Waals surface area contributed by atoms with Gasteiger partial charge in [0.1, 0.15) is 5.60 Å². The van der Waals surface area contributed by atoms with Gasteiger partial charge in [-0.05, 0) is 39.0 Å². The predicted molar refractivity (Wildman–Crippen MR) is 122 cm³/mol. The molecule has 4 aromatic rings. The lowest BCUT2D eigenvalue weighted by Gasteiger charge is -2.21. The van der Waals surface area contributed by atoms with Crippen LogP contribution in [-0.2, 0) is 25.4 Å². The van der Waals surface area contributed by atoms with Crippen LogP contribution in [0.2, 0.25) is 5.02 Å². The lowest BCUT2D eigenvalue weighted by atomic mass is 10.2. The molecule has 32 heavy (non-hydrogen) atoms. The number of anilines is 1. The van der Waals surface area contributed by atoms with Crippen molar-refractivity contribution in [3.8, 4) is 0 Å². The molecule has 3 heterocycles. The number of aryl methyl sites for hydroxylation is 2. The molecular formula is C21H23ClN6O4. The average molecular weight is 459 g/mol. The molecule has 11 heteroatoms. The second-order valence-corrected chi connectivity index (χ2v) is 8.97. The van der Waals surface area contributed by atoms with Crippen molar-refractivity contribution in [2.75, 3.05) is 5.73 Å². The van der Waals surface area contributed by atoms with Crippen molar-refractivity contribution in [2.45, 2.75) is 32.9 Å². The first-order valence-corrected chi connectivity index (χ1v) is 10.2. The molecule has 0 unspecified atom stereocenters. The molecule has 0 amide bonds. The molecule has 0 fully saturated rings. The van der Waals surface area contributed by atoms with E-state index < -0.39 is 22.9 Å². The summed E-state index contributed by atoms with van der Waals surface area (Å²) in [5.41, 5.74) is 5.19. The van der Waals surface area contributed by atoms with Crippen molar-refractivity contribution in [2.24, 2.45) is 14.1 Å². The zero-order valence-electron chi connectivity index (χ0n) is 18.3. The molecule has 0 aliphatic heterocycles. The summed E-state index contributed by atoms with van der Waals surface area (Å²) in [7, 11) is 3.10. The lowest BCUT2D eigenvalue weighted by molar-refractivity contribution is 0.0540. The van der Waals surface area contributed by atoms with Crippen molar-refractivity contribution < 1.29 is 9.53 Å². The molecule has 0 saturated heterocycles. The van der Waals surface area contributed by atoms with Gasteiger partial charge in [0, 0.05) is 24.5 Å². The molecule has 4 rings (SSSR count). The van der Waals surface area contributed by atoms with Crippen LogP contribution in [0.15, 0.2) is 33.9 Å². The third-order valence-electron chi connectivity index (χ3n) is 5.16. The number of fused-ring (bicyclic) bond motifs is 2. The number of nitrogens with two attached hydrogens (primary N) is 1. The number of imidazole rings is 1. The van der Waals surface area contributed by atoms with Crippen molar-refractivity contribution in [1.82, 2.24) is 23.3 Å². The van der Waals surface area contributed by atoms with Crippen LogP contribution in [-0.4, -0.2) is 34.9 Å². The fourth-order valence-corrected chi connectivity index (χ4v) is 3.87. The minimum Gasteiger partial charge on any atom is -0.443 e. The van der Waals surface area contributed by atoms with E-state index in [9.17, 15) is 14.4 Å². The van der Waals surface area contributed by atoms with E-state index >= 15 is 0 Å². The molecule has 3 aromatic heterocycles. The molecule has 0 spiro atoms. The number of nitrogen functional groups attached to an aromatic ring is 1. The van der Waals surface area contributed by atoms with Crippen LogP contribution in [0, 0.1) is 0 Å². The number of rotatable bonds is 2. The van der Waals surface area contributed by atoms with Crippen LogP contribution in [0.5, 0.6) is 0 Å². The van der Waals surface area contributed by atoms with Crippen LogP contribution in [0.25, 0.3) is 22.1 Å². The maximum absolute atomic E-state index is 13.2. The highest BCUT2D eigenvalue weighted by molar-refractivity contribution is 6.35. The predicted octanol–water partition coefficient (Wildman–Crippen LogP) is 2.46. The number of carbonyl (C=O) groups is 1. The number of ether oxygens (including phenoxy) is 1. The lowest BCUT2D eigenvalue weighted by Crippen LogP contribution is -2.40. The number of carbonyl (C=O) groups excluding carboxylic acids is 1. The number of hydrogen-bond acceptors (Lipinski definition) is 6. The van der Waals surface area contributed by atoms with Crippen molar-refractivity contribution >= 4 is 45.7 Å². The van der Waals surface area contributed by atoms with Crippen LogP contribution < -0.4 is 17.0 Å². The molecule has 0 saturated carbocycles. The highest BCUT2D eigenvalue weighted by Gasteiger charge is 2.25. The minimum absolute atomic E-state index is 0.111. The quantitative estimate of drug-likeness (QED) is 0.492. The Hall–Kier alpha value is -3.53. The molecule has 168 valence electrons. The van der Waals surface area contributed by atoms with Gasteiger partial charge < -0.3 is 15.0 Å². The van der Waals surface area contributed by atoms with Crippen LogP contribution in [0.4, 0.5) is 10.7 Å². The van der Waals surface area contributed by atoms with E-state index in [1.165, 1.54) is 20.7 Å². The van der Waals surface area contributed by atoms with Gasteiger partial charge >= 0.3 is 11.8 Å². The van der Waals surface area contributed by atoms with Gasteiger partial charge in [-0.15, -0.1) is 0 Å². The van der Waals surface area contributed by atoms with E-state index in [-0.39, 0.29) is 23.7 Å². The molecule has 2 N–H and O–H groups in total. The molecule has 0 aliphatic carbocycles. The summed E-state index contributed by atoms with van der Waals surface area (Å²) in [4.78, 5) is 43.4. The van der Waals surface area contributed by atoms with Gasteiger partial charge in [0.2, 0.25) is 5.95 Å². The number of aromatic nitrogens is 5. The Morgan fingerprint density at radius 1 is 1.19 bits per heavy atom. The van der Waals surface area contributed by atoms with Gasteiger partial charge in [0.05, 0.1) is 17.8 Å². The Kier molecular flexibility index (Phi) is 4.93. The topological polar surface area (TPSA) is 119 Å². The monoisotopic (exact) mass is 458 g/mol. The minimum atomic E-state index is -0.748. The van der Waals surface area contributed by atoms with Crippen molar-refractivity contribution in [1.29, 1.82) is 0 Å². The third kappa shape index (κ3) is 3.36. The van der Waals surface area contributed by atoms with Gasteiger partial charge in [0.15, 0.2) is 11.2 Å². The summed E-state index contributed by atoms with van der Waals surface area (Å²) in [6, 6.07) is 6.81. The van der Waals surface area contributed by atoms with Crippen LogP contribution in [0.1, 0.15) is 26.5 Å². The Bertz CT molecular complexity index is 1520. The Balaban J connectivity index is 1.97. The van der Waals surface area contributed by atoms with Crippen LogP contribution >= 0.6 is 11.6 Å². The normalized spacial score (nSPS) is 12.1. The third-order valence-corrected chi connectivity index (χ3v) is 5.49. The molecule has 0 atom stereocenters. The first-order chi connectivity index (χ1) is 14.9. The van der Waals surface area contributed by atoms with Gasteiger partial charge in [-0.2, -0.15) is 4.98 Å². The highest BCUT2D eigenvalue weighted by Crippen LogP contribution is 2.28. The Labute approximate surface area is 187 Å². The summed E-state index contributed by atoms with van der Waals surface area (Å²) in [5.74, 6) is 0.111. The summed E-state index contributed by atoms with van der Waals surface area (Å²) in [6.45, 7) is 5.08. The molecule has 0 radical (unpaired) electrons. The van der Waals surface area contributed by atoms with E-state index in [1.807, 2.05) is 0 Å². The first kappa shape index (κ1) is 21.7. The molecule has 0 aliphatic rings. The standard InChI is InChI=1S/C21H23ClN6O4/c1-21(2,3)32-20(31)28-11(9-12-13(22)7-6-8-14(12)28)10-27-17(29)15-16(26(5)19(27)30)24-18(23)25(15)4/h6-9H,10H2,1-5H3,(H2,23,24). The summed E-state index contributed by atoms with van der Waals surface area (Å²) < 4.78 is 10.6. The second kappa shape index (κ2) is 7.27. The number of benzene rings is 1. The number of halogens is 1. The fourth-order valence-electron chi connectivity index (χ4n) is 3.65. The number of nitrogens with zero attached hydrogens (tertiary/aromatic N) is 5. The van der Waals surface area contributed by atoms with E-state index in [0.717, 1.165) is 4.57 Å². The largest absolute Gasteiger partial charge is 0.443 e. The van der Waals surface area contributed by atoms with Gasteiger partial charge in [-0.25, -0.2) is 14.2 Å². The van der Waals surface area contributed by atoms with E-state index in [0.29, 0.717) is 21.6 Å². The highest BCUT2D eigenvalue weighted by atomic mass is 35.5. The van der Waals surface area contributed by atoms with Crippen LogP contribution in [0.3, 0.4) is 0 Å². The molecule has 0 bridgehead atoms. The SMILES string of the molecule is Cn1c(N)nc2c1c(=O)n(Cc1cc3c(Cl)cccc3n1C(=O)OC(C)(C)C)c(=O)n2C. The molecule has 10 nitrogen and oxygen atoms in total. The zero-order chi connectivity index (χ0) is 23.5. The van der Waals surface area contributed by atoms with Crippen molar-refractivity contribution in [3.05, 3.63) is 55.8 Å². The number of hydrogen-bond donors (Lipinski definition) is 1. The molecular weight excluding hydrogens is 436 g/mol. The van der Waals surface area contributed by atoms with Crippen molar-refractivity contribution in [3.63, 3.8) is 0 Å². The summed E-state index contributed by atoms with van der Waals surface area (Å²) >= 11 is 6.35. The zero-order valence-corrected chi connectivity index (χ0v) is 19.1. The summed E-state index contributed by atoms with van der Waals surface area (Å²) in [6.07, 6.45) is -0.638. The van der Waals surface area contributed by atoms with E-state index in [1.54, 1.807) is 52.1 Å². The maximum atomic E-state index is 13.2. The molecule has 1 aromatic carbocycles. The second-order valence-electron chi connectivity index (χ2n) is 8.56. The fraction of sp³-hybridized carbons (Fsp3) is 0.333. The Morgan fingerprint density at radius 3 is 2.53 bits per heavy atom. The van der Waals surface area contributed by atoms with Gasteiger partial charge in [0.25, 0.3) is 5.56 Å². The smallest absolute Gasteiger partial charge is 0.419 e. The van der Waals surface area contributed by atoms with E-state index in [2.05, 4.69) is 4.98 Å². The maximum Gasteiger partial charge on any atom is 0.419 e. The Morgan fingerprint density at radius 2 is 1.88 bits per heavy atom. The van der Waals surface area contributed by atoms with Gasteiger partial charge in [-0.1, -0.05) is 17.7 Å². The summed E-state index contributed by atoms with van der Waals surface area (Å²) in [5, 5.41) is 1.03.